The van der Waals surface area contributed by atoms with Crippen LogP contribution in [-0.4, -0.2) is 29.3 Å². The molecule has 0 bridgehead atoms. The van der Waals surface area contributed by atoms with Crippen LogP contribution in [0.3, 0.4) is 0 Å². The van der Waals surface area contributed by atoms with Gasteiger partial charge in [-0.25, -0.2) is 0 Å². The highest BCUT2D eigenvalue weighted by Crippen LogP contribution is 2.23. The first kappa shape index (κ1) is 10.2. The molecule has 82 valence electrons. The standard InChI is InChI=1S/C11H17N3O/c1-8-2-3-14(7-11(8)15)10-4-9(12)5-13-6-10/h4-6,8,11,15H,2-3,7,12H2,1H3/t8-,11-/m0/s1. The summed E-state index contributed by atoms with van der Waals surface area (Å²) in [4.78, 5) is 6.19. The molecular weight excluding hydrogens is 190 g/mol. The fourth-order valence-corrected chi connectivity index (χ4v) is 1.90. The van der Waals surface area contributed by atoms with Crippen LogP contribution >= 0.6 is 0 Å². The average Bonchev–Trinajstić information content (AvgIpc) is 2.22. The summed E-state index contributed by atoms with van der Waals surface area (Å²) in [7, 11) is 0. The van der Waals surface area contributed by atoms with Crippen molar-refractivity contribution in [2.24, 2.45) is 5.92 Å². The van der Waals surface area contributed by atoms with E-state index in [1.807, 2.05) is 6.07 Å². The summed E-state index contributed by atoms with van der Waals surface area (Å²) in [5.41, 5.74) is 7.34. The lowest BCUT2D eigenvalue weighted by atomic mass is 9.96. The second-order valence-electron chi connectivity index (χ2n) is 4.26. The van der Waals surface area contributed by atoms with Gasteiger partial charge >= 0.3 is 0 Å². The maximum atomic E-state index is 9.79. The van der Waals surface area contributed by atoms with E-state index in [1.165, 1.54) is 0 Å². The summed E-state index contributed by atoms with van der Waals surface area (Å²) in [6, 6.07) is 1.90. The van der Waals surface area contributed by atoms with E-state index in [-0.39, 0.29) is 6.10 Å². The Labute approximate surface area is 89.7 Å². The zero-order valence-electron chi connectivity index (χ0n) is 8.93. The van der Waals surface area contributed by atoms with Gasteiger partial charge in [-0.2, -0.15) is 0 Å². The van der Waals surface area contributed by atoms with Gasteiger partial charge in [-0.05, 0) is 18.4 Å². The molecule has 4 heteroatoms. The first-order valence-corrected chi connectivity index (χ1v) is 5.30. The van der Waals surface area contributed by atoms with Gasteiger partial charge in [0.1, 0.15) is 0 Å². The molecule has 3 N–H and O–H groups in total. The van der Waals surface area contributed by atoms with Crippen molar-refractivity contribution in [2.75, 3.05) is 23.7 Å². The highest BCUT2D eigenvalue weighted by atomic mass is 16.3. The fraction of sp³-hybridized carbons (Fsp3) is 0.545. The van der Waals surface area contributed by atoms with Crippen LogP contribution in [0, 0.1) is 5.92 Å². The molecule has 0 saturated carbocycles. The van der Waals surface area contributed by atoms with Crippen molar-refractivity contribution < 1.29 is 5.11 Å². The Hall–Kier alpha value is -1.29. The van der Waals surface area contributed by atoms with Crippen LogP contribution in [0.15, 0.2) is 18.5 Å². The maximum Gasteiger partial charge on any atom is 0.0741 e. The van der Waals surface area contributed by atoms with Crippen LogP contribution < -0.4 is 10.6 Å². The van der Waals surface area contributed by atoms with Gasteiger partial charge in [0.2, 0.25) is 0 Å². The van der Waals surface area contributed by atoms with Crippen molar-refractivity contribution in [2.45, 2.75) is 19.4 Å². The van der Waals surface area contributed by atoms with Gasteiger partial charge in [0.15, 0.2) is 0 Å². The molecule has 2 rings (SSSR count). The van der Waals surface area contributed by atoms with Crippen LogP contribution in [0.1, 0.15) is 13.3 Å². The highest BCUT2D eigenvalue weighted by Gasteiger charge is 2.24. The number of rotatable bonds is 1. The van der Waals surface area contributed by atoms with Crippen LogP contribution in [0.4, 0.5) is 11.4 Å². The highest BCUT2D eigenvalue weighted by molar-refractivity contribution is 5.53. The molecular formula is C11H17N3O. The maximum absolute atomic E-state index is 9.79. The van der Waals surface area contributed by atoms with Gasteiger partial charge in [0.05, 0.1) is 23.7 Å². The second kappa shape index (κ2) is 4.06. The van der Waals surface area contributed by atoms with E-state index >= 15 is 0 Å². The Balaban J connectivity index is 2.12. The van der Waals surface area contributed by atoms with Gasteiger partial charge in [-0.1, -0.05) is 6.92 Å². The summed E-state index contributed by atoms with van der Waals surface area (Å²) in [6.45, 7) is 3.72. The monoisotopic (exact) mass is 207 g/mol. The number of nitrogens with two attached hydrogens (primary N) is 1. The van der Waals surface area contributed by atoms with Gasteiger partial charge in [0, 0.05) is 19.3 Å². The third kappa shape index (κ3) is 2.21. The van der Waals surface area contributed by atoms with Gasteiger partial charge in [-0.3, -0.25) is 4.98 Å². The van der Waals surface area contributed by atoms with E-state index < -0.39 is 0 Å². The Morgan fingerprint density at radius 3 is 3.00 bits per heavy atom. The number of nitrogen functional groups attached to an aromatic ring is 1. The van der Waals surface area contributed by atoms with Crippen molar-refractivity contribution in [3.05, 3.63) is 18.5 Å². The molecule has 0 unspecified atom stereocenters. The first-order chi connectivity index (χ1) is 7.16. The SMILES string of the molecule is C[C@H]1CCN(c2cncc(N)c2)C[C@@H]1O. The first-order valence-electron chi connectivity index (χ1n) is 5.30. The van der Waals surface area contributed by atoms with E-state index in [4.69, 9.17) is 5.73 Å². The number of aliphatic hydroxyl groups is 1. The zero-order valence-corrected chi connectivity index (χ0v) is 8.93. The molecule has 2 heterocycles. The number of aromatic nitrogens is 1. The van der Waals surface area contributed by atoms with Crippen LogP contribution in [-0.2, 0) is 0 Å². The number of nitrogens with zero attached hydrogens (tertiary/aromatic N) is 2. The van der Waals surface area contributed by atoms with E-state index in [0.29, 0.717) is 18.2 Å². The largest absolute Gasteiger partial charge is 0.397 e. The summed E-state index contributed by atoms with van der Waals surface area (Å²) in [5, 5.41) is 9.79. The molecule has 15 heavy (non-hydrogen) atoms. The number of hydrogen-bond donors (Lipinski definition) is 2. The lowest BCUT2D eigenvalue weighted by Crippen LogP contribution is -2.42. The van der Waals surface area contributed by atoms with E-state index in [0.717, 1.165) is 18.7 Å². The van der Waals surface area contributed by atoms with Crippen LogP contribution in [0.25, 0.3) is 0 Å². The van der Waals surface area contributed by atoms with Crippen molar-refractivity contribution in [1.29, 1.82) is 0 Å². The Morgan fingerprint density at radius 2 is 2.33 bits per heavy atom. The van der Waals surface area contributed by atoms with Crippen LogP contribution in [0.2, 0.25) is 0 Å². The minimum absolute atomic E-state index is 0.250. The molecule has 0 amide bonds. The van der Waals surface area contributed by atoms with Crippen molar-refractivity contribution in [1.82, 2.24) is 4.98 Å². The molecule has 0 aromatic carbocycles. The number of hydrogen-bond acceptors (Lipinski definition) is 4. The fourth-order valence-electron chi connectivity index (χ4n) is 1.90. The molecule has 1 fully saturated rings. The topological polar surface area (TPSA) is 62.4 Å². The summed E-state index contributed by atoms with van der Waals surface area (Å²) >= 11 is 0. The number of β-amino-alcohol motifs (C(OH)–C–C–N with tert-alkyl or cyclic N) is 1. The molecule has 2 atom stereocenters. The number of piperidine rings is 1. The van der Waals surface area contributed by atoms with Crippen molar-refractivity contribution >= 4 is 11.4 Å². The molecule has 0 radical (unpaired) electrons. The lowest BCUT2D eigenvalue weighted by molar-refractivity contribution is 0.103. The van der Waals surface area contributed by atoms with Gasteiger partial charge < -0.3 is 15.7 Å². The third-order valence-electron chi connectivity index (χ3n) is 3.03. The number of anilines is 2. The van der Waals surface area contributed by atoms with E-state index in [2.05, 4.69) is 16.8 Å². The summed E-state index contributed by atoms with van der Waals surface area (Å²) in [5.74, 6) is 0.385. The van der Waals surface area contributed by atoms with Gasteiger partial charge in [-0.15, -0.1) is 0 Å². The Bertz CT molecular complexity index is 342. The van der Waals surface area contributed by atoms with Crippen molar-refractivity contribution in [3.63, 3.8) is 0 Å². The predicted molar refractivity (Wildman–Crippen MR) is 60.7 cm³/mol. The molecule has 0 spiro atoms. The van der Waals surface area contributed by atoms with Crippen LogP contribution in [0.5, 0.6) is 0 Å². The average molecular weight is 207 g/mol. The number of pyridine rings is 1. The summed E-state index contributed by atoms with van der Waals surface area (Å²) < 4.78 is 0. The predicted octanol–water partition coefficient (Wildman–Crippen LogP) is 0.871. The second-order valence-corrected chi connectivity index (χ2v) is 4.26. The minimum atomic E-state index is -0.250. The molecule has 1 aromatic heterocycles. The van der Waals surface area contributed by atoms with Gasteiger partial charge in [0.25, 0.3) is 0 Å². The molecule has 1 aromatic rings. The molecule has 0 aliphatic carbocycles. The zero-order chi connectivity index (χ0) is 10.8. The van der Waals surface area contributed by atoms with E-state index in [9.17, 15) is 5.11 Å². The smallest absolute Gasteiger partial charge is 0.0741 e. The summed E-state index contributed by atoms with van der Waals surface area (Å²) in [6.07, 6.45) is 4.18. The molecule has 1 saturated heterocycles. The number of aliphatic hydroxyl groups excluding tert-OH is 1. The quantitative estimate of drug-likeness (QED) is 0.717. The Morgan fingerprint density at radius 1 is 1.53 bits per heavy atom. The molecule has 1 aliphatic rings. The normalized spacial score (nSPS) is 26.7. The lowest BCUT2D eigenvalue weighted by Gasteiger charge is -2.35. The van der Waals surface area contributed by atoms with E-state index in [1.54, 1.807) is 12.4 Å². The third-order valence-corrected chi connectivity index (χ3v) is 3.03. The molecule has 1 aliphatic heterocycles. The molecule has 4 nitrogen and oxygen atoms in total. The van der Waals surface area contributed by atoms with Crippen molar-refractivity contribution in [3.8, 4) is 0 Å². The minimum Gasteiger partial charge on any atom is -0.397 e. The Kier molecular flexibility index (Phi) is 2.77.